The molecule has 0 saturated heterocycles. The second-order valence-electron chi connectivity index (χ2n) is 5.85. The van der Waals surface area contributed by atoms with Crippen LogP contribution in [0.1, 0.15) is 23.0 Å². The largest absolute Gasteiger partial charge is 0.505 e. The zero-order valence-electron chi connectivity index (χ0n) is 15.0. The van der Waals surface area contributed by atoms with Crippen molar-refractivity contribution in [3.8, 4) is 17.2 Å². The molecule has 0 unspecified atom stereocenters. The maximum atomic E-state index is 12.6. The van der Waals surface area contributed by atoms with Gasteiger partial charge in [-0.15, -0.1) is 0 Å². The van der Waals surface area contributed by atoms with Gasteiger partial charge >= 0.3 is 0 Å². The number of carbonyl (C=O) groups is 1. The monoisotopic (exact) mass is 365 g/mol. The summed E-state index contributed by atoms with van der Waals surface area (Å²) in [6.07, 6.45) is 0. The number of aromatic hydroxyl groups is 1. The minimum atomic E-state index is -0.652. The average Bonchev–Trinajstić information content (AvgIpc) is 2.63. The molecule has 7 nitrogen and oxygen atoms in total. The Morgan fingerprint density at radius 1 is 1.19 bits per heavy atom. The number of amides is 1. The molecule has 0 bridgehead atoms. The molecular formula is C20H19N3O4. The Balaban J connectivity index is 1.98. The Kier molecular flexibility index (Phi) is 5.21. The molecule has 0 saturated carbocycles. The van der Waals surface area contributed by atoms with Crippen molar-refractivity contribution in [3.63, 3.8) is 0 Å². The molecule has 0 aliphatic heterocycles. The number of aromatic nitrogens is 2. The van der Waals surface area contributed by atoms with Gasteiger partial charge in [-0.05, 0) is 43.7 Å². The first-order valence-corrected chi connectivity index (χ1v) is 8.43. The summed E-state index contributed by atoms with van der Waals surface area (Å²) < 4.78 is 6.56. The summed E-state index contributed by atoms with van der Waals surface area (Å²) in [5.41, 5.74) is 1.08. The molecule has 1 heterocycles. The van der Waals surface area contributed by atoms with Crippen molar-refractivity contribution >= 4 is 11.6 Å². The third-order valence-corrected chi connectivity index (χ3v) is 3.81. The molecule has 3 aromatic rings. The van der Waals surface area contributed by atoms with E-state index in [1.54, 1.807) is 42.5 Å². The van der Waals surface area contributed by atoms with Crippen molar-refractivity contribution in [2.75, 3.05) is 11.9 Å². The summed E-state index contributed by atoms with van der Waals surface area (Å²) in [6, 6.07) is 15.0. The first kappa shape index (κ1) is 18.2. The summed E-state index contributed by atoms with van der Waals surface area (Å²) in [5, 5.41) is 16.8. The fourth-order valence-electron chi connectivity index (χ4n) is 2.59. The van der Waals surface area contributed by atoms with Gasteiger partial charge in [0, 0.05) is 6.07 Å². The predicted octanol–water partition coefficient (Wildman–Crippen LogP) is 2.90. The molecular weight excluding hydrogens is 346 g/mol. The van der Waals surface area contributed by atoms with Crippen LogP contribution in [0.15, 0.2) is 59.4 Å². The van der Waals surface area contributed by atoms with Gasteiger partial charge in [0.2, 0.25) is 0 Å². The van der Waals surface area contributed by atoms with E-state index in [2.05, 4.69) is 10.4 Å². The molecule has 3 rings (SSSR count). The molecule has 2 N–H and O–H groups in total. The van der Waals surface area contributed by atoms with Crippen molar-refractivity contribution in [1.82, 2.24) is 9.78 Å². The number of rotatable bonds is 5. The van der Waals surface area contributed by atoms with Gasteiger partial charge in [0.1, 0.15) is 5.75 Å². The number of para-hydroxylation sites is 2. The highest BCUT2D eigenvalue weighted by Crippen LogP contribution is 2.25. The molecule has 27 heavy (non-hydrogen) atoms. The maximum Gasteiger partial charge on any atom is 0.280 e. The van der Waals surface area contributed by atoms with E-state index < -0.39 is 17.2 Å². The lowest BCUT2D eigenvalue weighted by molar-refractivity contribution is 0.101. The lowest BCUT2D eigenvalue weighted by Gasteiger charge is -2.12. The van der Waals surface area contributed by atoms with Gasteiger partial charge in [-0.2, -0.15) is 9.78 Å². The maximum absolute atomic E-state index is 12.6. The summed E-state index contributed by atoms with van der Waals surface area (Å²) in [4.78, 5) is 24.9. The van der Waals surface area contributed by atoms with Crippen LogP contribution in [0.2, 0.25) is 0 Å². The van der Waals surface area contributed by atoms with E-state index >= 15 is 0 Å². The highest BCUT2D eigenvalue weighted by Gasteiger charge is 2.18. The number of aryl methyl sites for hydroxylation is 1. The van der Waals surface area contributed by atoms with Gasteiger partial charge in [0.05, 0.1) is 18.0 Å². The van der Waals surface area contributed by atoms with E-state index in [1.807, 2.05) is 19.9 Å². The van der Waals surface area contributed by atoms with Gasteiger partial charge in [0.25, 0.3) is 11.5 Å². The second kappa shape index (κ2) is 7.74. The van der Waals surface area contributed by atoms with Crippen LogP contribution in [0.3, 0.4) is 0 Å². The van der Waals surface area contributed by atoms with Gasteiger partial charge in [-0.3, -0.25) is 9.59 Å². The van der Waals surface area contributed by atoms with Crippen molar-refractivity contribution < 1.29 is 14.6 Å². The number of nitrogens with one attached hydrogen (secondary N) is 1. The molecule has 0 aliphatic rings. The summed E-state index contributed by atoms with van der Waals surface area (Å²) in [5.74, 6) is -0.642. The predicted molar refractivity (Wildman–Crippen MR) is 102 cm³/mol. The van der Waals surface area contributed by atoms with Crippen molar-refractivity contribution in [1.29, 1.82) is 0 Å². The Morgan fingerprint density at radius 2 is 1.96 bits per heavy atom. The fraction of sp³-hybridized carbons (Fsp3) is 0.150. The normalized spacial score (nSPS) is 10.4. The Labute approximate surface area is 155 Å². The van der Waals surface area contributed by atoms with Crippen LogP contribution in [-0.4, -0.2) is 27.4 Å². The first-order chi connectivity index (χ1) is 13.0. The van der Waals surface area contributed by atoms with Gasteiger partial charge in [-0.1, -0.05) is 24.3 Å². The van der Waals surface area contributed by atoms with E-state index in [0.29, 0.717) is 23.7 Å². The summed E-state index contributed by atoms with van der Waals surface area (Å²) in [7, 11) is 0. The zero-order valence-corrected chi connectivity index (χ0v) is 15.0. The zero-order chi connectivity index (χ0) is 19.4. The van der Waals surface area contributed by atoms with Gasteiger partial charge in [-0.25, -0.2) is 0 Å². The molecule has 7 heteroatoms. The van der Waals surface area contributed by atoms with Crippen LogP contribution in [0.5, 0.6) is 11.5 Å². The molecule has 0 radical (unpaired) electrons. The SMILES string of the molecule is CCOc1ccccc1NC(=O)c1nn(-c2cccc(C)c2)c(=O)cc1O. The van der Waals surface area contributed by atoms with E-state index in [9.17, 15) is 14.7 Å². The number of hydrogen-bond donors (Lipinski definition) is 2. The Morgan fingerprint density at radius 3 is 2.70 bits per heavy atom. The van der Waals surface area contributed by atoms with Crippen molar-refractivity contribution in [2.24, 2.45) is 0 Å². The van der Waals surface area contributed by atoms with E-state index in [0.717, 1.165) is 16.3 Å². The van der Waals surface area contributed by atoms with E-state index in [-0.39, 0.29) is 5.69 Å². The highest BCUT2D eigenvalue weighted by atomic mass is 16.5. The number of ether oxygens (including phenoxy) is 1. The second-order valence-corrected chi connectivity index (χ2v) is 5.85. The standard InChI is InChI=1S/C20H19N3O4/c1-3-27-17-10-5-4-9-15(17)21-20(26)19-16(24)12-18(25)23(22-19)14-8-6-7-13(2)11-14/h4-12,24H,3H2,1-2H3,(H,21,26). The molecule has 0 fully saturated rings. The summed E-state index contributed by atoms with van der Waals surface area (Å²) in [6.45, 7) is 4.16. The van der Waals surface area contributed by atoms with Crippen LogP contribution in [0.4, 0.5) is 5.69 Å². The molecule has 0 atom stereocenters. The first-order valence-electron chi connectivity index (χ1n) is 8.43. The third-order valence-electron chi connectivity index (χ3n) is 3.81. The van der Waals surface area contributed by atoms with E-state index in [4.69, 9.17) is 4.74 Å². The minimum Gasteiger partial charge on any atom is -0.505 e. The highest BCUT2D eigenvalue weighted by molar-refractivity contribution is 6.05. The minimum absolute atomic E-state index is 0.262. The molecule has 1 amide bonds. The molecule has 1 aromatic heterocycles. The Hall–Kier alpha value is -3.61. The number of carbonyl (C=O) groups excluding carboxylic acids is 1. The van der Waals surface area contributed by atoms with Crippen LogP contribution in [0.25, 0.3) is 5.69 Å². The van der Waals surface area contributed by atoms with Crippen LogP contribution < -0.4 is 15.6 Å². The Bertz CT molecular complexity index is 1040. The summed E-state index contributed by atoms with van der Waals surface area (Å²) >= 11 is 0. The van der Waals surface area contributed by atoms with Gasteiger partial charge in [0.15, 0.2) is 11.4 Å². The van der Waals surface area contributed by atoms with Crippen LogP contribution in [0, 0.1) is 6.92 Å². The van der Waals surface area contributed by atoms with Crippen LogP contribution in [-0.2, 0) is 0 Å². The molecule has 2 aromatic carbocycles. The van der Waals surface area contributed by atoms with Gasteiger partial charge < -0.3 is 15.2 Å². The van der Waals surface area contributed by atoms with Crippen molar-refractivity contribution in [3.05, 3.63) is 76.2 Å². The number of hydrogen-bond acceptors (Lipinski definition) is 5. The lowest BCUT2D eigenvalue weighted by atomic mass is 10.2. The fourth-order valence-corrected chi connectivity index (χ4v) is 2.59. The number of nitrogens with zero attached hydrogens (tertiary/aromatic N) is 2. The molecule has 0 spiro atoms. The third kappa shape index (κ3) is 3.98. The number of benzene rings is 2. The van der Waals surface area contributed by atoms with Crippen LogP contribution >= 0.6 is 0 Å². The smallest absolute Gasteiger partial charge is 0.280 e. The number of anilines is 1. The molecule has 138 valence electrons. The lowest BCUT2D eigenvalue weighted by Crippen LogP contribution is -2.25. The average molecular weight is 365 g/mol. The quantitative estimate of drug-likeness (QED) is 0.725. The topological polar surface area (TPSA) is 93.5 Å². The molecule has 0 aliphatic carbocycles. The van der Waals surface area contributed by atoms with E-state index in [1.165, 1.54) is 0 Å². The van der Waals surface area contributed by atoms with Crippen molar-refractivity contribution in [2.45, 2.75) is 13.8 Å².